The molecule has 0 saturated carbocycles. The van der Waals surface area contributed by atoms with Crippen LogP contribution >= 0.6 is 0 Å². The van der Waals surface area contributed by atoms with Crippen LogP contribution in [0.15, 0.2) is 30.5 Å². The summed E-state index contributed by atoms with van der Waals surface area (Å²) >= 11 is 0. The third kappa shape index (κ3) is 2.92. The van der Waals surface area contributed by atoms with E-state index >= 15 is 0 Å². The van der Waals surface area contributed by atoms with E-state index < -0.39 is 0 Å². The Bertz CT molecular complexity index is 504. The van der Waals surface area contributed by atoms with Crippen molar-refractivity contribution < 1.29 is 4.74 Å². The molecular weight excluding hydrogens is 224 g/mol. The predicted octanol–water partition coefficient (Wildman–Crippen LogP) is 2.79. The number of hydrogen-bond acceptors (Lipinski definition) is 2. The van der Waals surface area contributed by atoms with E-state index in [1.807, 2.05) is 0 Å². The normalized spacial score (nSPS) is 13.1. The first-order chi connectivity index (χ1) is 8.74. The lowest BCUT2D eigenvalue weighted by Crippen LogP contribution is -2.14. The van der Waals surface area contributed by atoms with E-state index in [0.29, 0.717) is 0 Å². The topological polar surface area (TPSA) is 26.2 Å². The number of aromatic nitrogens is 1. The van der Waals surface area contributed by atoms with Gasteiger partial charge in [0.05, 0.1) is 6.10 Å². The Morgan fingerprint density at radius 3 is 2.89 bits per heavy atom. The summed E-state index contributed by atoms with van der Waals surface area (Å²) in [5, 5.41) is 4.65. The third-order valence-electron chi connectivity index (χ3n) is 3.27. The second-order valence-corrected chi connectivity index (χ2v) is 4.69. The highest BCUT2D eigenvalue weighted by molar-refractivity contribution is 5.80. The first-order valence-corrected chi connectivity index (χ1v) is 6.56. The van der Waals surface area contributed by atoms with Crippen LogP contribution in [0.1, 0.15) is 19.4 Å². The maximum atomic E-state index is 5.33. The molecule has 0 spiro atoms. The first-order valence-electron chi connectivity index (χ1n) is 6.56. The van der Waals surface area contributed by atoms with E-state index in [2.05, 4.69) is 54.2 Å². The van der Waals surface area contributed by atoms with Crippen molar-refractivity contribution in [3.63, 3.8) is 0 Å². The Morgan fingerprint density at radius 1 is 1.33 bits per heavy atom. The maximum absolute atomic E-state index is 5.33. The van der Waals surface area contributed by atoms with Crippen molar-refractivity contribution in [1.29, 1.82) is 0 Å². The summed E-state index contributed by atoms with van der Waals surface area (Å²) in [7, 11) is 1.76. The summed E-state index contributed by atoms with van der Waals surface area (Å²) in [5.74, 6) is 0. The summed E-state index contributed by atoms with van der Waals surface area (Å²) in [6.07, 6.45) is 2.37. The SMILES string of the molecule is CCNCc1ccc2ccn(CC(C)OC)c2c1. The summed E-state index contributed by atoms with van der Waals surface area (Å²) in [4.78, 5) is 0. The molecule has 1 heterocycles. The fourth-order valence-corrected chi connectivity index (χ4v) is 2.12. The summed E-state index contributed by atoms with van der Waals surface area (Å²) in [6.45, 7) is 7.04. The molecule has 0 aliphatic heterocycles. The van der Waals surface area contributed by atoms with Crippen molar-refractivity contribution in [3.05, 3.63) is 36.0 Å². The number of benzene rings is 1. The van der Waals surface area contributed by atoms with Gasteiger partial charge in [-0.3, -0.25) is 0 Å². The highest BCUT2D eigenvalue weighted by atomic mass is 16.5. The number of nitrogens with zero attached hydrogens (tertiary/aromatic N) is 1. The molecule has 0 aliphatic carbocycles. The molecule has 0 amide bonds. The Balaban J connectivity index is 2.25. The quantitative estimate of drug-likeness (QED) is 0.848. The number of rotatable bonds is 6. The van der Waals surface area contributed by atoms with Gasteiger partial charge in [0.1, 0.15) is 0 Å². The largest absolute Gasteiger partial charge is 0.380 e. The average Bonchev–Trinajstić information content (AvgIpc) is 2.79. The molecule has 0 saturated heterocycles. The van der Waals surface area contributed by atoms with Crippen molar-refractivity contribution in [2.24, 2.45) is 0 Å². The predicted molar refractivity (Wildman–Crippen MR) is 75.8 cm³/mol. The standard InChI is InChI=1S/C15H22N2O/c1-4-16-10-13-5-6-14-7-8-17(15(14)9-13)11-12(2)18-3/h5-9,12,16H,4,10-11H2,1-3H3. The minimum atomic E-state index is 0.234. The van der Waals surface area contributed by atoms with Crippen LogP contribution in [0.2, 0.25) is 0 Å². The molecule has 3 nitrogen and oxygen atoms in total. The van der Waals surface area contributed by atoms with Crippen LogP contribution in [0.25, 0.3) is 10.9 Å². The summed E-state index contributed by atoms with van der Waals surface area (Å²) in [5.41, 5.74) is 2.61. The summed E-state index contributed by atoms with van der Waals surface area (Å²) in [6, 6.07) is 8.81. The summed E-state index contributed by atoms with van der Waals surface area (Å²) < 4.78 is 7.60. The Morgan fingerprint density at radius 2 is 2.17 bits per heavy atom. The fourth-order valence-electron chi connectivity index (χ4n) is 2.12. The second kappa shape index (κ2) is 6.03. The van der Waals surface area contributed by atoms with Gasteiger partial charge in [0.15, 0.2) is 0 Å². The van der Waals surface area contributed by atoms with Crippen LogP contribution in [0.3, 0.4) is 0 Å². The van der Waals surface area contributed by atoms with Crippen molar-refractivity contribution in [2.75, 3.05) is 13.7 Å². The van der Waals surface area contributed by atoms with Crippen molar-refractivity contribution in [2.45, 2.75) is 33.0 Å². The maximum Gasteiger partial charge on any atom is 0.0722 e. The zero-order chi connectivity index (χ0) is 13.0. The molecule has 1 unspecified atom stereocenters. The van der Waals surface area contributed by atoms with Gasteiger partial charge >= 0.3 is 0 Å². The van der Waals surface area contributed by atoms with Crippen LogP contribution in [0, 0.1) is 0 Å². The molecule has 2 aromatic rings. The van der Waals surface area contributed by atoms with Crippen LogP contribution in [-0.2, 0) is 17.8 Å². The first kappa shape index (κ1) is 13.1. The lowest BCUT2D eigenvalue weighted by molar-refractivity contribution is 0.104. The van der Waals surface area contributed by atoms with E-state index in [9.17, 15) is 0 Å². The third-order valence-corrected chi connectivity index (χ3v) is 3.27. The van der Waals surface area contributed by atoms with Crippen LogP contribution in [-0.4, -0.2) is 24.3 Å². The minimum absolute atomic E-state index is 0.234. The molecule has 0 aliphatic rings. The molecule has 1 aromatic carbocycles. The number of fused-ring (bicyclic) bond motifs is 1. The van der Waals surface area contributed by atoms with Gasteiger partial charge < -0.3 is 14.6 Å². The van der Waals surface area contributed by atoms with Gasteiger partial charge in [-0.25, -0.2) is 0 Å². The van der Waals surface area contributed by atoms with Gasteiger partial charge in [-0.15, -0.1) is 0 Å². The monoisotopic (exact) mass is 246 g/mol. The van der Waals surface area contributed by atoms with Gasteiger partial charge in [0.25, 0.3) is 0 Å². The highest BCUT2D eigenvalue weighted by Crippen LogP contribution is 2.18. The van der Waals surface area contributed by atoms with Crippen molar-refractivity contribution in [1.82, 2.24) is 9.88 Å². The minimum Gasteiger partial charge on any atom is -0.380 e. The smallest absolute Gasteiger partial charge is 0.0722 e. The number of nitrogens with one attached hydrogen (secondary N) is 1. The lowest BCUT2D eigenvalue weighted by Gasteiger charge is -2.12. The zero-order valence-electron chi connectivity index (χ0n) is 11.4. The molecule has 18 heavy (non-hydrogen) atoms. The van der Waals surface area contributed by atoms with Gasteiger partial charge in [-0.05, 0) is 36.6 Å². The Kier molecular flexibility index (Phi) is 4.39. The van der Waals surface area contributed by atoms with E-state index in [0.717, 1.165) is 19.6 Å². The van der Waals surface area contributed by atoms with Crippen LogP contribution in [0.5, 0.6) is 0 Å². The molecule has 0 radical (unpaired) electrons. The number of methoxy groups -OCH3 is 1. The molecule has 0 bridgehead atoms. The molecule has 1 atom stereocenters. The lowest BCUT2D eigenvalue weighted by atomic mass is 10.1. The highest BCUT2D eigenvalue weighted by Gasteiger charge is 2.05. The van der Waals surface area contributed by atoms with Gasteiger partial charge in [-0.2, -0.15) is 0 Å². The number of ether oxygens (including phenoxy) is 1. The van der Waals surface area contributed by atoms with Crippen molar-refractivity contribution in [3.8, 4) is 0 Å². The second-order valence-electron chi connectivity index (χ2n) is 4.69. The average molecular weight is 246 g/mol. The van der Waals surface area contributed by atoms with E-state index in [1.165, 1.54) is 16.5 Å². The Hall–Kier alpha value is -1.32. The number of hydrogen-bond donors (Lipinski definition) is 1. The Labute approximate surface area is 109 Å². The molecule has 1 aromatic heterocycles. The van der Waals surface area contributed by atoms with Gasteiger partial charge in [0.2, 0.25) is 0 Å². The molecule has 2 rings (SSSR count). The zero-order valence-corrected chi connectivity index (χ0v) is 11.4. The van der Waals surface area contributed by atoms with E-state index in [-0.39, 0.29) is 6.10 Å². The molecule has 0 fully saturated rings. The molecule has 3 heteroatoms. The van der Waals surface area contributed by atoms with Gasteiger partial charge in [0, 0.05) is 31.9 Å². The molecule has 1 N–H and O–H groups in total. The van der Waals surface area contributed by atoms with E-state index in [4.69, 9.17) is 4.74 Å². The van der Waals surface area contributed by atoms with Crippen molar-refractivity contribution >= 4 is 10.9 Å². The molecular formula is C15H22N2O. The fraction of sp³-hybridized carbons (Fsp3) is 0.467. The van der Waals surface area contributed by atoms with Crippen LogP contribution < -0.4 is 5.32 Å². The van der Waals surface area contributed by atoms with Crippen LogP contribution in [0.4, 0.5) is 0 Å². The van der Waals surface area contributed by atoms with Gasteiger partial charge in [-0.1, -0.05) is 19.1 Å². The van der Waals surface area contributed by atoms with E-state index in [1.54, 1.807) is 7.11 Å². The molecule has 98 valence electrons.